The summed E-state index contributed by atoms with van der Waals surface area (Å²) in [5.74, 6) is 1.80. The third kappa shape index (κ3) is 3.78. The van der Waals surface area contributed by atoms with Crippen LogP contribution in [0.2, 0.25) is 0 Å². The van der Waals surface area contributed by atoms with Gasteiger partial charge in [0.25, 0.3) is 5.56 Å². The fourth-order valence-corrected chi connectivity index (χ4v) is 4.09. The molecule has 1 unspecified atom stereocenters. The summed E-state index contributed by atoms with van der Waals surface area (Å²) in [6.45, 7) is 5.31. The highest BCUT2D eigenvalue weighted by Gasteiger charge is 2.19. The molecule has 1 saturated heterocycles. The zero-order valence-corrected chi connectivity index (χ0v) is 16.9. The molecule has 0 saturated carbocycles. The monoisotopic (exact) mass is 404 g/mol. The van der Waals surface area contributed by atoms with E-state index in [2.05, 4.69) is 27.1 Å². The Morgan fingerprint density at radius 1 is 1.17 bits per heavy atom. The maximum atomic E-state index is 12.9. The maximum absolute atomic E-state index is 12.9. The van der Waals surface area contributed by atoms with Crippen LogP contribution in [0.25, 0.3) is 16.8 Å². The molecule has 8 nitrogen and oxygen atoms in total. The van der Waals surface area contributed by atoms with Gasteiger partial charge in [-0.25, -0.2) is 4.52 Å². The van der Waals surface area contributed by atoms with Crippen LogP contribution in [-0.4, -0.2) is 42.3 Å². The lowest BCUT2D eigenvalue weighted by atomic mass is 10.0. The number of nitrogens with zero attached hydrogens (tertiary/aromatic N) is 6. The van der Waals surface area contributed by atoms with E-state index in [1.54, 1.807) is 21.5 Å². The van der Waals surface area contributed by atoms with Crippen LogP contribution < -0.4 is 5.56 Å². The Morgan fingerprint density at radius 2 is 2.03 bits per heavy atom. The molecule has 30 heavy (non-hydrogen) atoms. The highest BCUT2D eigenvalue weighted by molar-refractivity contribution is 5.65. The number of rotatable bonds is 5. The summed E-state index contributed by atoms with van der Waals surface area (Å²) in [6, 6.07) is 11.6. The number of hydrogen-bond acceptors (Lipinski definition) is 6. The van der Waals surface area contributed by atoms with Crippen molar-refractivity contribution in [2.45, 2.75) is 32.9 Å². The van der Waals surface area contributed by atoms with Gasteiger partial charge in [0.05, 0.1) is 18.8 Å². The molecule has 0 N–H and O–H groups in total. The van der Waals surface area contributed by atoms with Crippen LogP contribution >= 0.6 is 0 Å². The fourth-order valence-electron chi connectivity index (χ4n) is 4.09. The van der Waals surface area contributed by atoms with Crippen molar-refractivity contribution in [3.8, 4) is 11.3 Å². The van der Waals surface area contributed by atoms with Crippen molar-refractivity contribution in [3.05, 3.63) is 70.9 Å². The van der Waals surface area contributed by atoms with Crippen molar-refractivity contribution in [2.24, 2.45) is 5.92 Å². The van der Waals surface area contributed by atoms with Crippen molar-refractivity contribution in [1.29, 1.82) is 0 Å². The molecule has 1 aliphatic heterocycles. The van der Waals surface area contributed by atoms with Crippen LogP contribution in [0.5, 0.6) is 0 Å². The second-order valence-corrected chi connectivity index (χ2v) is 8.04. The van der Waals surface area contributed by atoms with E-state index in [0.29, 0.717) is 29.7 Å². The molecule has 1 aliphatic rings. The summed E-state index contributed by atoms with van der Waals surface area (Å²) in [5.41, 5.74) is 2.12. The summed E-state index contributed by atoms with van der Waals surface area (Å²) < 4.78 is 8.63. The van der Waals surface area contributed by atoms with Gasteiger partial charge < -0.3 is 9.09 Å². The Hall–Kier alpha value is -3.26. The first-order valence-corrected chi connectivity index (χ1v) is 10.3. The number of likely N-dealkylation sites (tertiary alicyclic amines) is 1. The lowest BCUT2D eigenvalue weighted by Crippen LogP contribution is -2.33. The Labute approximate surface area is 173 Å². The largest absolute Gasteiger partial charge is 0.338 e. The smallest absolute Gasteiger partial charge is 0.277 e. The summed E-state index contributed by atoms with van der Waals surface area (Å²) in [6.07, 6.45) is 5.96. The fraction of sp³-hybridized carbons (Fsp3) is 0.364. The number of hydrogen-bond donors (Lipinski definition) is 0. The van der Waals surface area contributed by atoms with Gasteiger partial charge in [0.2, 0.25) is 5.89 Å². The summed E-state index contributed by atoms with van der Waals surface area (Å²) >= 11 is 0. The number of aromatic nitrogens is 5. The van der Waals surface area contributed by atoms with Gasteiger partial charge in [0, 0.05) is 24.5 Å². The van der Waals surface area contributed by atoms with Crippen LogP contribution in [0.3, 0.4) is 0 Å². The van der Waals surface area contributed by atoms with E-state index in [0.717, 1.165) is 24.3 Å². The van der Waals surface area contributed by atoms with Gasteiger partial charge in [-0.15, -0.1) is 0 Å². The summed E-state index contributed by atoms with van der Waals surface area (Å²) in [4.78, 5) is 19.8. The normalized spacial score (nSPS) is 17.6. The highest BCUT2D eigenvalue weighted by Crippen LogP contribution is 2.18. The van der Waals surface area contributed by atoms with Gasteiger partial charge >= 0.3 is 0 Å². The Kier molecular flexibility index (Phi) is 4.92. The minimum absolute atomic E-state index is 0.136. The van der Waals surface area contributed by atoms with E-state index in [4.69, 9.17) is 4.52 Å². The van der Waals surface area contributed by atoms with Crippen molar-refractivity contribution in [3.63, 3.8) is 0 Å². The van der Waals surface area contributed by atoms with E-state index in [1.165, 1.54) is 12.8 Å². The van der Waals surface area contributed by atoms with E-state index in [9.17, 15) is 4.79 Å². The van der Waals surface area contributed by atoms with Crippen molar-refractivity contribution >= 4 is 5.52 Å². The molecule has 4 aromatic rings. The van der Waals surface area contributed by atoms with Crippen LogP contribution in [0.15, 0.2) is 58.1 Å². The van der Waals surface area contributed by atoms with Gasteiger partial charge in [-0.05, 0) is 31.4 Å². The van der Waals surface area contributed by atoms with Gasteiger partial charge in [-0.3, -0.25) is 9.69 Å². The zero-order chi connectivity index (χ0) is 20.5. The van der Waals surface area contributed by atoms with Gasteiger partial charge in [0.1, 0.15) is 5.52 Å². The minimum atomic E-state index is -0.136. The lowest BCUT2D eigenvalue weighted by molar-refractivity contribution is 0.157. The maximum Gasteiger partial charge on any atom is 0.277 e. The molecule has 0 bridgehead atoms. The molecule has 3 aromatic heterocycles. The minimum Gasteiger partial charge on any atom is -0.338 e. The highest BCUT2D eigenvalue weighted by atomic mass is 16.5. The molecule has 4 heterocycles. The molecular formula is C22H24N6O2. The molecule has 1 atom stereocenters. The SMILES string of the molecule is CC1CCCN(Cc2nc(Cn3ccn4nc(-c5ccccc5)cc4c3=O)no2)C1. The molecule has 154 valence electrons. The molecule has 1 aromatic carbocycles. The number of fused-ring (bicyclic) bond motifs is 1. The number of piperidine rings is 1. The Morgan fingerprint density at radius 3 is 2.87 bits per heavy atom. The number of benzene rings is 1. The van der Waals surface area contributed by atoms with Crippen LogP contribution in [0.4, 0.5) is 0 Å². The first-order valence-electron chi connectivity index (χ1n) is 10.3. The molecule has 0 amide bonds. The molecular weight excluding hydrogens is 380 g/mol. The van der Waals surface area contributed by atoms with Crippen molar-refractivity contribution < 1.29 is 4.52 Å². The predicted molar refractivity (Wildman–Crippen MR) is 112 cm³/mol. The molecule has 5 rings (SSSR count). The van der Waals surface area contributed by atoms with E-state index in [1.807, 2.05) is 36.4 Å². The average Bonchev–Trinajstić information content (AvgIpc) is 3.38. The van der Waals surface area contributed by atoms with Crippen molar-refractivity contribution in [1.82, 2.24) is 29.2 Å². The zero-order valence-electron chi connectivity index (χ0n) is 16.9. The van der Waals surface area contributed by atoms with E-state index in [-0.39, 0.29) is 12.1 Å². The van der Waals surface area contributed by atoms with Crippen molar-refractivity contribution in [2.75, 3.05) is 13.1 Å². The van der Waals surface area contributed by atoms with Crippen LogP contribution in [-0.2, 0) is 13.1 Å². The lowest BCUT2D eigenvalue weighted by Gasteiger charge is -2.29. The first kappa shape index (κ1) is 18.7. The van der Waals surface area contributed by atoms with Gasteiger partial charge in [0.15, 0.2) is 5.82 Å². The second-order valence-electron chi connectivity index (χ2n) is 8.04. The third-order valence-corrected chi connectivity index (χ3v) is 5.59. The average molecular weight is 404 g/mol. The molecule has 0 aliphatic carbocycles. The van der Waals surface area contributed by atoms with Gasteiger partial charge in [-0.1, -0.05) is 42.4 Å². The van der Waals surface area contributed by atoms with Crippen LogP contribution in [0.1, 0.15) is 31.5 Å². The topological polar surface area (TPSA) is 81.5 Å². The van der Waals surface area contributed by atoms with E-state index < -0.39 is 0 Å². The van der Waals surface area contributed by atoms with E-state index >= 15 is 0 Å². The molecule has 0 spiro atoms. The Balaban J connectivity index is 1.35. The summed E-state index contributed by atoms with van der Waals surface area (Å²) in [7, 11) is 0. The molecule has 8 heteroatoms. The molecule has 1 fully saturated rings. The summed E-state index contributed by atoms with van der Waals surface area (Å²) in [5, 5.41) is 8.59. The van der Waals surface area contributed by atoms with Crippen LogP contribution in [0, 0.1) is 5.92 Å². The quantitative estimate of drug-likeness (QED) is 0.509. The van der Waals surface area contributed by atoms with Gasteiger partial charge in [-0.2, -0.15) is 10.1 Å². The standard InChI is InChI=1S/C22H24N6O2/c1-16-6-5-9-26(13-16)15-21-23-20(25-30-21)14-27-10-11-28-19(22(27)29)12-18(24-28)17-7-3-2-4-8-17/h2-4,7-8,10-12,16H,5-6,9,13-15H2,1H3. The second kappa shape index (κ2) is 7.87. The third-order valence-electron chi connectivity index (χ3n) is 5.59. The first-order chi connectivity index (χ1) is 14.7. The predicted octanol–water partition coefficient (Wildman–Crippen LogP) is 2.83. The molecule has 0 radical (unpaired) electrons. The Bertz CT molecular complexity index is 1210.